The van der Waals surface area contributed by atoms with Crippen LogP contribution in [0.1, 0.15) is 12.5 Å². The molecule has 4 rings (SSSR count). The van der Waals surface area contributed by atoms with Gasteiger partial charge in [-0.1, -0.05) is 24.3 Å². The van der Waals surface area contributed by atoms with Gasteiger partial charge >= 0.3 is 0 Å². The Morgan fingerprint density at radius 1 is 1.04 bits per heavy atom. The van der Waals surface area contributed by atoms with E-state index in [0.717, 1.165) is 49.0 Å². The van der Waals surface area contributed by atoms with Gasteiger partial charge in [0.25, 0.3) is 0 Å². The predicted molar refractivity (Wildman–Crippen MR) is 103 cm³/mol. The molecule has 2 heterocycles. The van der Waals surface area contributed by atoms with E-state index in [1.165, 1.54) is 5.69 Å². The summed E-state index contributed by atoms with van der Waals surface area (Å²) in [5.74, 6) is 2.71. The van der Waals surface area contributed by atoms with Crippen molar-refractivity contribution in [3.63, 3.8) is 0 Å². The van der Waals surface area contributed by atoms with Crippen molar-refractivity contribution < 1.29 is 14.2 Å². The lowest BCUT2D eigenvalue weighted by atomic mass is 10.1. The molecule has 0 aliphatic carbocycles. The molecule has 0 amide bonds. The first-order valence-electron chi connectivity index (χ1n) is 9.31. The zero-order chi connectivity index (χ0) is 17.9. The van der Waals surface area contributed by atoms with Gasteiger partial charge in [-0.3, -0.25) is 4.90 Å². The maximum Gasteiger partial charge on any atom is 0.165 e. The topological polar surface area (TPSA) is 34.2 Å². The molecule has 0 saturated heterocycles. The Morgan fingerprint density at radius 3 is 2.73 bits per heavy atom. The zero-order valence-electron chi connectivity index (χ0n) is 15.5. The van der Waals surface area contributed by atoms with Crippen LogP contribution in [0, 0.1) is 0 Å². The molecule has 0 N–H and O–H groups in total. The summed E-state index contributed by atoms with van der Waals surface area (Å²) in [4.78, 5) is 4.68. The fourth-order valence-electron chi connectivity index (χ4n) is 3.74. The molecule has 138 valence electrons. The van der Waals surface area contributed by atoms with Crippen molar-refractivity contribution in [2.45, 2.75) is 19.6 Å². The summed E-state index contributed by atoms with van der Waals surface area (Å²) < 4.78 is 17.8. The number of likely N-dealkylation sites (N-methyl/N-ethyl adjacent to an activating group) is 2. The molecule has 2 aromatic carbocycles. The van der Waals surface area contributed by atoms with Crippen LogP contribution in [0.5, 0.6) is 17.2 Å². The number of anilines is 1. The van der Waals surface area contributed by atoms with Crippen LogP contribution in [-0.4, -0.2) is 50.9 Å². The lowest BCUT2D eigenvalue weighted by Gasteiger charge is -2.37. The Bertz CT molecular complexity index is 765. The van der Waals surface area contributed by atoms with Gasteiger partial charge in [-0.05, 0) is 32.2 Å². The minimum absolute atomic E-state index is 0.145. The summed E-state index contributed by atoms with van der Waals surface area (Å²) in [6.45, 7) is 6.98. The Kier molecular flexibility index (Phi) is 4.89. The maximum atomic E-state index is 6.25. The number of rotatable bonds is 5. The van der Waals surface area contributed by atoms with Gasteiger partial charge in [0.05, 0.1) is 12.2 Å². The molecule has 2 aromatic rings. The highest BCUT2D eigenvalue weighted by atomic mass is 16.6. The fourth-order valence-corrected chi connectivity index (χ4v) is 3.74. The number of fused-ring (bicyclic) bond motifs is 2. The number of nitrogens with zero attached hydrogens (tertiary/aromatic N) is 2. The predicted octanol–water partition coefficient (Wildman–Crippen LogP) is 3.18. The van der Waals surface area contributed by atoms with Gasteiger partial charge in [0.15, 0.2) is 11.5 Å². The smallest absolute Gasteiger partial charge is 0.165 e. The number of para-hydroxylation sites is 3. The number of hydrogen-bond acceptors (Lipinski definition) is 5. The minimum Gasteiger partial charge on any atom is -0.486 e. The molecule has 0 saturated carbocycles. The van der Waals surface area contributed by atoms with Crippen LogP contribution in [-0.2, 0) is 6.54 Å². The number of benzene rings is 2. The average Bonchev–Trinajstić information content (AvgIpc) is 2.67. The largest absolute Gasteiger partial charge is 0.486 e. The molecule has 2 aliphatic rings. The Morgan fingerprint density at radius 2 is 1.85 bits per heavy atom. The molecule has 0 bridgehead atoms. The normalized spacial score (nSPS) is 18.4. The van der Waals surface area contributed by atoms with Crippen molar-refractivity contribution in [2.24, 2.45) is 0 Å². The number of hydrogen-bond donors (Lipinski definition) is 0. The Hall–Kier alpha value is -2.40. The number of ether oxygens (including phenoxy) is 3. The van der Waals surface area contributed by atoms with Gasteiger partial charge < -0.3 is 19.1 Å². The third-order valence-corrected chi connectivity index (χ3v) is 4.91. The molecule has 0 radical (unpaired) electrons. The molecule has 26 heavy (non-hydrogen) atoms. The quantitative estimate of drug-likeness (QED) is 0.824. The van der Waals surface area contributed by atoms with E-state index in [-0.39, 0.29) is 6.10 Å². The molecule has 5 nitrogen and oxygen atoms in total. The van der Waals surface area contributed by atoms with Crippen LogP contribution in [0.15, 0.2) is 42.5 Å². The molecule has 0 spiro atoms. The van der Waals surface area contributed by atoms with Crippen molar-refractivity contribution in [3.8, 4) is 17.2 Å². The lowest BCUT2D eigenvalue weighted by molar-refractivity contribution is 0.136. The second-order valence-corrected chi connectivity index (χ2v) is 6.88. The second kappa shape index (κ2) is 7.46. The standard InChI is InChI=1S/C21H26N2O3/c1-3-23-15-17(26-19-9-5-4-8-18(19)23)14-22(2)13-16-7-6-10-20-21(16)25-12-11-24-20/h4-10,17H,3,11-15H2,1-2H3. The summed E-state index contributed by atoms with van der Waals surface area (Å²) in [6.07, 6.45) is 0.145. The van der Waals surface area contributed by atoms with Crippen LogP contribution >= 0.6 is 0 Å². The van der Waals surface area contributed by atoms with Gasteiger partial charge in [-0.15, -0.1) is 0 Å². The van der Waals surface area contributed by atoms with Crippen molar-refractivity contribution in [1.82, 2.24) is 4.90 Å². The average molecular weight is 354 g/mol. The van der Waals surface area contributed by atoms with Gasteiger partial charge in [0, 0.05) is 25.2 Å². The van der Waals surface area contributed by atoms with Crippen LogP contribution in [0.25, 0.3) is 0 Å². The van der Waals surface area contributed by atoms with Crippen LogP contribution in [0.4, 0.5) is 5.69 Å². The third-order valence-electron chi connectivity index (χ3n) is 4.91. The van der Waals surface area contributed by atoms with Gasteiger partial charge in [0.1, 0.15) is 25.1 Å². The molecule has 2 aliphatic heterocycles. The first kappa shape index (κ1) is 17.0. The van der Waals surface area contributed by atoms with Crippen LogP contribution in [0.2, 0.25) is 0 Å². The molecule has 1 atom stereocenters. The summed E-state index contributed by atoms with van der Waals surface area (Å²) in [5.41, 5.74) is 2.35. The van der Waals surface area contributed by atoms with E-state index in [1.54, 1.807) is 0 Å². The molecular formula is C21H26N2O3. The third kappa shape index (κ3) is 3.44. The first-order chi connectivity index (χ1) is 12.7. The Balaban J connectivity index is 1.44. The van der Waals surface area contributed by atoms with Gasteiger partial charge in [0.2, 0.25) is 0 Å². The van der Waals surface area contributed by atoms with Crippen molar-refractivity contribution >= 4 is 5.69 Å². The van der Waals surface area contributed by atoms with E-state index in [2.05, 4.69) is 48.0 Å². The summed E-state index contributed by atoms with van der Waals surface area (Å²) in [6, 6.07) is 14.4. The van der Waals surface area contributed by atoms with E-state index >= 15 is 0 Å². The van der Waals surface area contributed by atoms with Crippen molar-refractivity contribution in [3.05, 3.63) is 48.0 Å². The molecule has 0 aromatic heterocycles. The maximum absolute atomic E-state index is 6.25. The molecule has 5 heteroatoms. The van der Waals surface area contributed by atoms with Crippen molar-refractivity contribution in [2.75, 3.05) is 44.8 Å². The summed E-state index contributed by atoms with van der Waals surface area (Å²) in [7, 11) is 2.13. The van der Waals surface area contributed by atoms with Gasteiger partial charge in [-0.25, -0.2) is 0 Å². The SMILES string of the molecule is CCN1CC(CN(C)Cc2cccc3c2OCCO3)Oc2ccccc21. The first-order valence-corrected chi connectivity index (χ1v) is 9.31. The van der Waals surface area contributed by atoms with E-state index in [4.69, 9.17) is 14.2 Å². The van der Waals surface area contributed by atoms with Crippen LogP contribution in [0.3, 0.4) is 0 Å². The zero-order valence-corrected chi connectivity index (χ0v) is 15.5. The lowest BCUT2D eigenvalue weighted by Crippen LogP contribution is -2.45. The monoisotopic (exact) mass is 354 g/mol. The second-order valence-electron chi connectivity index (χ2n) is 6.88. The molecular weight excluding hydrogens is 328 g/mol. The highest BCUT2D eigenvalue weighted by Gasteiger charge is 2.26. The summed E-state index contributed by atoms with van der Waals surface area (Å²) in [5, 5.41) is 0. The van der Waals surface area contributed by atoms with E-state index < -0.39 is 0 Å². The van der Waals surface area contributed by atoms with Crippen molar-refractivity contribution in [1.29, 1.82) is 0 Å². The Labute approximate surface area is 155 Å². The molecule has 1 unspecified atom stereocenters. The fraction of sp³-hybridized carbons (Fsp3) is 0.429. The van der Waals surface area contributed by atoms with Crippen LogP contribution < -0.4 is 19.1 Å². The van der Waals surface area contributed by atoms with E-state index in [1.807, 2.05) is 18.2 Å². The summed E-state index contributed by atoms with van der Waals surface area (Å²) >= 11 is 0. The van der Waals surface area contributed by atoms with Gasteiger partial charge in [-0.2, -0.15) is 0 Å². The minimum atomic E-state index is 0.145. The molecule has 0 fully saturated rings. The highest BCUT2D eigenvalue weighted by molar-refractivity contribution is 5.60. The van der Waals surface area contributed by atoms with E-state index in [0.29, 0.717) is 13.2 Å². The van der Waals surface area contributed by atoms with E-state index in [9.17, 15) is 0 Å². The highest BCUT2D eigenvalue weighted by Crippen LogP contribution is 2.35.